The molecule has 0 bridgehead atoms. The van der Waals surface area contributed by atoms with Gasteiger partial charge in [0, 0.05) is 45.3 Å². The van der Waals surface area contributed by atoms with Crippen molar-refractivity contribution in [2.75, 3.05) is 47.5 Å². The first-order valence-electron chi connectivity index (χ1n) is 8.48. The van der Waals surface area contributed by atoms with Crippen LogP contribution in [0.4, 0.5) is 0 Å². The van der Waals surface area contributed by atoms with E-state index in [1.54, 1.807) is 21.2 Å². The van der Waals surface area contributed by atoms with Crippen molar-refractivity contribution < 1.29 is 14.3 Å². The Morgan fingerprint density at radius 1 is 1.44 bits per heavy atom. The van der Waals surface area contributed by atoms with E-state index in [1.807, 2.05) is 18.2 Å². The Bertz CT molecular complexity index is 604. The number of carbonyl (C=O) groups excluding carboxylic acids is 1. The third-order valence-electron chi connectivity index (χ3n) is 4.17. The van der Waals surface area contributed by atoms with Crippen LogP contribution in [0.15, 0.2) is 29.3 Å². The van der Waals surface area contributed by atoms with Crippen LogP contribution in [0.3, 0.4) is 0 Å². The monoisotopic (exact) mass is 348 g/mol. The molecule has 0 fully saturated rings. The zero-order valence-corrected chi connectivity index (χ0v) is 15.4. The summed E-state index contributed by atoms with van der Waals surface area (Å²) in [6.45, 7) is 4.00. The first kappa shape index (κ1) is 19.1. The lowest BCUT2D eigenvalue weighted by molar-refractivity contribution is -0.127. The molecule has 2 atom stereocenters. The summed E-state index contributed by atoms with van der Waals surface area (Å²) in [5, 5.41) is 6.58. The van der Waals surface area contributed by atoms with Gasteiger partial charge in [0.1, 0.15) is 12.3 Å². The minimum atomic E-state index is -0.0463. The third kappa shape index (κ3) is 5.35. The van der Waals surface area contributed by atoms with E-state index in [9.17, 15) is 4.79 Å². The zero-order valence-electron chi connectivity index (χ0n) is 15.4. The van der Waals surface area contributed by atoms with Crippen LogP contribution < -0.4 is 15.4 Å². The maximum Gasteiger partial charge on any atom is 0.243 e. The van der Waals surface area contributed by atoms with Crippen LogP contribution in [0.25, 0.3) is 0 Å². The summed E-state index contributed by atoms with van der Waals surface area (Å²) in [4.78, 5) is 17.7. The normalized spacial score (nSPS) is 17.4. The number of nitrogens with zero attached hydrogens (tertiary/aromatic N) is 2. The number of ether oxygens (including phenoxy) is 2. The average molecular weight is 348 g/mol. The van der Waals surface area contributed by atoms with Gasteiger partial charge in [-0.3, -0.25) is 4.79 Å². The second-order valence-electron chi connectivity index (χ2n) is 6.26. The summed E-state index contributed by atoms with van der Waals surface area (Å²) >= 11 is 0. The number of hydrogen-bond donors (Lipinski definition) is 2. The van der Waals surface area contributed by atoms with Crippen LogP contribution >= 0.6 is 0 Å². The SMILES string of the molecule is COCCNC(=NCC(=O)N(C)C)NC(C)C1COc2ccccc21. The molecule has 1 aromatic carbocycles. The Labute approximate surface area is 149 Å². The van der Waals surface area contributed by atoms with Gasteiger partial charge in [-0.1, -0.05) is 18.2 Å². The molecule has 0 aliphatic carbocycles. The van der Waals surface area contributed by atoms with Crippen LogP contribution in [-0.4, -0.2) is 70.3 Å². The van der Waals surface area contributed by atoms with E-state index in [-0.39, 0.29) is 24.4 Å². The van der Waals surface area contributed by atoms with Gasteiger partial charge in [-0.15, -0.1) is 0 Å². The molecule has 0 saturated carbocycles. The highest BCUT2D eigenvalue weighted by molar-refractivity contribution is 5.85. The maximum absolute atomic E-state index is 11.8. The molecule has 0 spiro atoms. The molecule has 7 nitrogen and oxygen atoms in total. The van der Waals surface area contributed by atoms with Gasteiger partial charge in [0.15, 0.2) is 5.96 Å². The van der Waals surface area contributed by atoms with Crippen molar-refractivity contribution in [2.45, 2.75) is 18.9 Å². The van der Waals surface area contributed by atoms with Gasteiger partial charge in [-0.05, 0) is 13.0 Å². The molecule has 25 heavy (non-hydrogen) atoms. The number of carbonyl (C=O) groups is 1. The van der Waals surface area contributed by atoms with E-state index in [1.165, 1.54) is 10.5 Å². The fraction of sp³-hybridized carbons (Fsp3) is 0.556. The largest absolute Gasteiger partial charge is 0.493 e. The number of rotatable bonds is 7. The molecule has 0 saturated heterocycles. The van der Waals surface area contributed by atoms with Crippen molar-refractivity contribution >= 4 is 11.9 Å². The van der Waals surface area contributed by atoms with Gasteiger partial charge in [-0.25, -0.2) is 4.99 Å². The summed E-state index contributed by atoms with van der Waals surface area (Å²) in [7, 11) is 5.09. The lowest BCUT2D eigenvalue weighted by Crippen LogP contribution is -2.46. The Balaban J connectivity index is 2.02. The van der Waals surface area contributed by atoms with Crippen LogP contribution in [0, 0.1) is 0 Å². The molecule has 138 valence electrons. The van der Waals surface area contributed by atoms with E-state index in [2.05, 4.69) is 28.6 Å². The second-order valence-corrected chi connectivity index (χ2v) is 6.26. The number of likely N-dealkylation sites (N-methyl/N-ethyl adjacent to an activating group) is 1. The van der Waals surface area contributed by atoms with E-state index in [0.717, 1.165) is 5.75 Å². The number of hydrogen-bond acceptors (Lipinski definition) is 4. The molecular formula is C18H28N4O3. The molecule has 1 aliphatic rings. The molecule has 1 aliphatic heterocycles. The first-order valence-corrected chi connectivity index (χ1v) is 8.48. The highest BCUT2D eigenvalue weighted by atomic mass is 16.5. The van der Waals surface area contributed by atoms with Crippen LogP contribution in [0.5, 0.6) is 5.75 Å². The molecule has 2 rings (SSSR count). The fourth-order valence-electron chi connectivity index (χ4n) is 2.63. The van der Waals surface area contributed by atoms with Crippen LogP contribution in [-0.2, 0) is 9.53 Å². The van der Waals surface area contributed by atoms with E-state index < -0.39 is 0 Å². The molecular weight excluding hydrogens is 320 g/mol. The summed E-state index contributed by atoms with van der Waals surface area (Å²) < 4.78 is 10.8. The summed E-state index contributed by atoms with van der Waals surface area (Å²) in [5.74, 6) is 1.73. The highest BCUT2D eigenvalue weighted by Gasteiger charge is 2.29. The lowest BCUT2D eigenvalue weighted by Gasteiger charge is -2.23. The molecule has 1 aromatic rings. The predicted molar refractivity (Wildman–Crippen MR) is 98.2 cm³/mol. The Hall–Kier alpha value is -2.28. The Morgan fingerprint density at radius 2 is 2.20 bits per heavy atom. The molecule has 0 radical (unpaired) electrons. The zero-order chi connectivity index (χ0) is 18.2. The highest BCUT2D eigenvalue weighted by Crippen LogP contribution is 2.35. The van der Waals surface area contributed by atoms with Crippen LogP contribution in [0.2, 0.25) is 0 Å². The molecule has 1 heterocycles. The number of amides is 1. The number of fused-ring (bicyclic) bond motifs is 1. The van der Waals surface area contributed by atoms with E-state index >= 15 is 0 Å². The summed E-state index contributed by atoms with van der Waals surface area (Å²) in [6.07, 6.45) is 0. The van der Waals surface area contributed by atoms with E-state index in [0.29, 0.717) is 25.7 Å². The number of para-hydroxylation sites is 1. The number of aliphatic imine (C=N–C) groups is 1. The van der Waals surface area contributed by atoms with Crippen molar-refractivity contribution in [1.29, 1.82) is 0 Å². The molecule has 2 N–H and O–H groups in total. The number of benzene rings is 1. The number of nitrogens with one attached hydrogen (secondary N) is 2. The van der Waals surface area contributed by atoms with Gasteiger partial charge in [0.05, 0.1) is 13.2 Å². The smallest absolute Gasteiger partial charge is 0.243 e. The average Bonchev–Trinajstić information content (AvgIpc) is 3.03. The first-order chi connectivity index (χ1) is 12.0. The maximum atomic E-state index is 11.8. The summed E-state index contributed by atoms with van der Waals surface area (Å²) in [6, 6.07) is 8.19. The van der Waals surface area contributed by atoms with Gasteiger partial charge < -0.3 is 25.0 Å². The second kappa shape index (κ2) is 9.27. The lowest BCUT2D eigenvalue weighted by atomic mass is 9.94. The predicted octanol–water partition coefficient (Wildman–Crippen LogP) is 0.821. The number of guanidine groups is 1. The van der Waals surface area contributed by atoms with Crippen molar-refractivity contribution in [2.24, 2.45) is 4.99 Å². The van der Waals surface area contributed by atoms with Crippen molar-refractivity contribution in [3.8, 4) is 5.75 Å². The fourth-order valence-corrected chi connectivity index (χ4v) is 2.63. The van der Waals surface area contributed by atoms with Crippen LogP contribution in [0.1, 0.15) is 18.4 Å². The van der Waals surface area contributed by atoms with Gasteiger partial charge >= 0.3 is 0 Å². The summed E-state index contributed by atoms with van der Waals surface area (Å²) in [5.41, 5.74) is 1.20. The molecule has 0 aromatic heterocycles. The van der Waals surface area contributed by atoms with E-state index in [4.69, 9.17) is 9.47 Å². The van der Waals surface area contributed by atoms with Crippen molar-refractivity contribution in [3.05, 3.63) is 29.8 Å². The minimum Gasteiger partial charge on any atom is -0.493 e. The molecule has 2 unspecified atom stereocenters. The Kier molecular flexibility index (Phi) is 7.06. The molecule has 1 amide bonds. The quantitative estimate of drug-likeness (QED) is 0.434. The minimum absolute atomic E-state index is 0.0463. The molecule has 7 heteroatoms. The third-order valence-corrected chi connectivity index (χ3v) is 4.17. The van der Waals surface area contributed by atoms with Gasteiger partial charge in [-0.2, -0.15) is 0 Å². The Morgan fingerprint density at radius 3 is 2.92 bits per heavy atom. The number of methoxy groups -OCH3 is 1. The van der Waals surface area contributed by atoms with Gasteiger partial charge in [0.25, 0.3) is 0 Å². The topological polar surface area (TPSA) is 75.2 Å². The standard InChI is InChI=1S/C18H28N4O3/c1-13(15-12-25-16-8-6-5-7-14(15)16)21-18(19-9-10-24-4)20-11-17(23)22(2)3/h5-8,13,15H,9-12H2,1-4H3,(H2,19,20,21). The van der Waals surface area contributed by atoms with Crippen molar-refractivity contribution in [1.82, 2.24) is 15.5 Å². The van der Waals surface area contributed by atoms with Gasteiger partial charge in [0.2, 0.25) is 5.91 Å². The van der Waals surface area contributed by atoms with Crippen molar-refractivity contribution in [3.63, 3.8) is 0 Å².